The largest absolute Gasteiger partial charge is 0.497 e. The number of hydrogen-bond acceptors (Lipinski definition) is 4. The molecule has 0 saturated carbocycles. The minimum atomic E-state index is 0.0485. The third-order valence-electron chi connectivity index (χ3n) is 4.36. The molecule has 1 aliphatic rings. The zero-order valence-corrected chi connectivity index (χ0v) is 15.5. The summed E-state index contributed by atoms with van der Waals surface area (Å²) >= 11 is 1.92. The van der Waals surface area contributed by atoms with Crippen LogP contribution in [0.3, 0.4) is 0 Å². The predicted molar refractivity (Wildman–Crippen MR) is 103 cm³/mol. The van der Waals surface area contributed by atoms with Crippen molar-refractivity contribution in [3.63, 3.8) is 0 Å². The van der Waals surface area contributed by atoms with Gasteiger partial charge in [0, 0.05) is 23.2 Å². The van der Waals surface area contributed by atoms with Crippen molar-refractivity contribution in [2.24, 2.45) is 0 Å². The van der Waals surface area contributed by atoms with E-state index in [0.717, 1.165) is 30.0 Å². The Labute approximate surface area is 153 Å². The average molecular weight is 356 g/mol. The summed E-state index contributed by atoms with van der Waals surface area (Å²) in [6, 6.07) is 16.1. The number of thioether (sulfide) groups is 1. The minimum absolute atomic E-state index is 0.0485. The quantitative estimate of drug-likeness (QED) is 0.857. The Bertz CT molecular complexity index is 718. The third kappa shape index (κ3) is 4.48. The first kappa shape index (κ1) is 17.7. The molecule has 2 aromatic carbocycles. The molecular formula is C20H24N2O2S. The van der Waals surface area contributed by atoms with E-state index in [2.05, 4.69) is 35.3 Å². The fourth-order valence-corrected chi connectivity index (χ4v) is 4.17. The first-order chi connectivity index (χ1) is 12.2. The Hall–Kier alpha value is -2.14. The lowest BCUT2D eigenvalue weighted by molar-refractivity contribution is -0.119. The summed E-state index contributed by atoms with van der Waals surface area (Å²) in [7, 11) is 1.65. The standard InChI is InChI=1S/C20H24N2O2S/c1-3-17-13-22(18-6-4-5-7-19(18)25-17)14-20(23)21-12-15-8-10-16(24-2)11-9-15/h4-11,17H,3,12-14H2,1-2H3,(H,21,23). The van der Waals surface area contributed by atoms with E-state index in [9.17, 15) is 4.79 Å². The normalized spacial score (nSPS) is 16.2. The maximum Gasteiger partial charge on any atom is 0.239 e. The Balaban J connectivity index is 1.60. The van der Waals surface area contributed by atoms with Crippen LogP contribution in [0.15, 0.2) is 53.4 Å². The number of benzene rings is 2. The van der Waals surface area contributed by atoms with E-state index < -0.39 is 0 Å². The van der Waals surface area contributed by atoms with Crippen LogP contribution in [0.4, 0.5) is 5.69 Å². The zero-order chi connectivity index (χ0) is 17.6. The monoisotopic (exact) mass is 356 g/mol. The molecule has 1 heterocycles. The van der Waals surface area contributed by atoms with Gasteiger partial charge in [-0.2, -0.15) is 0 Å². The molecule has 5 heteroatoms. The zero-order valence-electron chi connectivity index (χ0n) is 14.7. The molecule has 1 unspecified atom stereocenters. The number of nitrogens with zero attached hydrogens (tertiary/aromatic N) is 1. The molecule has 25 heavy (non-hydrogen) atoms. The van der Waals surface area contributed by atoms with E-state index in [0.29, 0.717) is 18.3 Å². The molecule has 0 radical (unpaired) electrons. The van der Waals surface area contributed by atoms with Gasteiger partial charge in [0.2, 0.25) is 5.91 Å². The van der Waals surface area contributed by atoms with E-state index in [1.807, 2.05) is 42.1 Å². The first-order valence-electron chi connectivity index (χ1n) is 8.60. The maximum absolute atomic E-state index is 12.4. The highest BCUT2D eigenvalue weighted by molar-refractivity contribution is 8.00. The lowest BCUT2D eigenvalue weighted by atomic mass is 10.2. The fraction of sp³-hybridized carbons (Fsp3) is 0.350. The highest BCUT2D eigenvalue weighted by Crippen LogP contribution is 2.39. The highest BCUT2D eigenvalue weighted by Gasteiger charge is 2.25. The van der Waals surface area contributed by atoms with Gasteiger partial charge in [-0.25, -0.2) is 0 Å². The Morgan fingerprint density at radius 2 is 2.00 bits per heavy atom. The summed E-state index contributed by atoms with van der Waals surface area (Å²) in [4.78, 5) is 15.9. The van der Waals surface area contributed by atoms with Gasteiger partial charge < -0.3 is 15.0 Å². The molecule has 0 spiro atoms. The second-order valence-corrected chi connectivity index (χ2v) is 7.46. The lowest BCUT2D eigenvalue weighted by Crippen LogP contribution is -2.42. The van der Waals surface area contributed by atoms with E-state index in [1.54, 1.807) is 7.11 Å². The maximum atomic E-state index is 12.4. The molecule has 1 atom stereocenters. The van der Waals surface area contributed by atoms with Crippen molar-refractivity contribution < 1.29 is 9.53 Å². The number of para-hydroxylation sites is 1. The molecule has 132 valence electrons. The van der Waals surface area contributed by atoms with Gasteiger partial charge in [0.25, 0.3) is 0 Å². The van der Waals surface area contributed by atoms with Gasteiger partial charge in [0.05, 0.1) is 19.3 Å². The third-order valence-corrected chi connectivity index (χ3v) is 5.78. The second kappa shape index (κ2) is 8.30. The molecule has 0 bridgehead atoms. The second-order valence-electron chi connectivity index (χ2n) is 6.12. The van der Waals surface area contributed by atoms with E-state index in [-0.39, 0.29) is 5.91 Å². The van der Waals surface area contributed by atoms with E-state index in [4.69, 9.17) is 4.74 Å². The van der Waals surface area contributed by atoms with Crippen molar-refractivity contribution in [3.8, 4) is 5.75 Å². The van der Waals surface area contributed by atoms with Gasteiger partial charge in [-0.3, -0.25) is 4.79 Å². The van der Waals surface area contributed by atoms with Gasteiger partial charge in [-0.1, -0.05) is 31.2 Å². The Morgan fingerprint density at radius 3 is 2.72 bits per heavy atom. The molecule has 3 rings (SSSR count). The molecule has 0 aliphatic carbocycles. The fourth-order valence-electron chi connectivity index (χ4n) is 2.91. The smallest absolute Gasteiger partial charge is 0.239 e. The van der Waals surface area contributed by atoms with E-state index in [1.165, 1.54) is 4.90 Å². The number of fused-ring (bicyclic) bond motifs is 1. The topological polar surface area (TPSA) is 41.6 Å². The van der Waals surface area contributed by atoms with Crippen LogP contribution in [-0.4, -0.2) is 31.4 Å². The molecule has 2 aromatic rings. The molecule has 0 fully saturated rings. The van der Waals surface area contributed by atoms with Gasteiger partial charge in [0.1, 0.15) is 5.75 Å². The predicted octanol–water partition coefficient (Wildman–Crippen LogP) is 3.70. The van der Waals surface area contributed by atoms with Crippen molar-refractivity contribution in [2.45, 2.75) is 30.0 Å². The van der Waals surface area contributed by atoms with Crippen molar-refractivity contribution in [1.29, 1.82) is 0 Å². The van der Waals surface area contributed by atoms with Crippen LogP contribution in [0, 0.1) is 0 Å². The van der Waals surface area contributed by atoms with Crippen molar-refractivity contribution in [1.82, 2.24) is 5.32 Å². The first-order valence-corrected chi connectivity index (χ1v) is 9.48. The van der Waals surface area contributed by atoms with Gasteiger partial charge in [-0.15, -0.1) is 11.8 Å². The van der Waals surface area contributed by atoms with Crippen LogP contribution in [0.1, 0.15) is 18.9 Å². The van der Waals surface area contributed by atoms with Crippen LogP contribution in [0.25, 0.3) is 0 Å². The molecular weight excluding hydrogens is 332 g/mol. The van der Waals surface area contributed by atoms with Crippen LogP contribution in [0.2, 0.25) is 0 Å². The number of nitrogens with one attached hydrogen (secondary N) is 1. The summed E-state index contributed by atoms with van der Waals surface area (Å²) < 4.78 is 5.15. The number of carbonyl (C=O) groups excluding carboxylic acids is 1. The molecule has 0 saturated heterocycles. The van der Waals surface area contributed by atoms with Gasteiger partial charge >= 0.3 is 0 Å². The van der Waals surface area contributed by atoms with Crippen LogP contribution in [-0.2, 0) is 11.3 Å². The molecule has 4 nitrogen and oxygen atoms in total. The highest BCUT2D eigenvalue weighted by atomic mass is 32.2. The molecule has 1 aliphatic heterocycles. The summed E-state index contributed by atoms with van der Waals surface area (Å²) in [5.74, 6) is 0.871. The average Bonchev–Trinajstić information content (AvgIpc) is 2.66. The minimum Gasteiger partial charge on any atom is -0.497 e. The summed E-state index contributed by atoms with van der Waals surface area (Å²) in [6.45, 7) is 4.04. The van der Waals surface area contributed by atoms with Gasteiger partial charge in [0.15, 0.2) is 0 Å². The number of ether oxygens (including phenoxy) is 1. The number of hydrogen-bond donors (Lipinski definition) is 1. The number of carbonyl (C=O) groups is 1. The number of anilines is 1. The summed E-state index contributed by atoms with van der Waals surface area (Å²) in [6.07, 6.45) is 1.10. The molecule has 1 N–H and O–H groups in total. The number of rotatable bonds is 6. The lowest BCUT2D eigenvalue weighted by Gasteiger charge is -2.34. The SMILES string of the molecule is CCC1CN(CC(=O)NCc2ccc(OC)cc2)c2ccccc2S1. The van der Waals surface area contributed by atoms with Crippen molar-refractivity contribution in [3.05, 3.63) is 54.1 Å². The number of amides is 1. The Kier molecular flexibility index (Phi) is 5.87. The van der Waals surface area contributed by atoms with Crippen LogP contribution in [0.5, 0.6) is 5.75 Å². The summed E-state index contributed by atoms with van der Waals surface area (Å²) in [5, 5.41) is 3.55. The molecule has 0 aromatic heterocycles. The van der Waals surface area contributed by atoms with Crippen LogP contribution < -0.4 is 15.0 Å². The number of methoxy groups -OCH3 is 1. The Morgan fingerprint density at radius 1 is 1.24 bits per heavy atom. The summed E-state index contributed by atoms with van der Waals surface area (Å²) in [5.41, 5.74) is 2.23. The van der Waals surface area contributed by atoms with Crippen LogP contribution >= 0.6 is 11.8 Å². The molecule has 1 amide bonds. The van der Waals surface area contributed by atoms with Gasteiger partial charge in [-0.05, 0) is 36.2 Å². The van der Waals surface area contributed by atoms with Crippen molar-refractivity contribution in [2.75, 3.05) is 25.1 Å². The van der Waals surface area contributed by atoms with Crippen molar-refractivity contribution >= 4 is 23.4 Å². The van der Waals surface area contributed by atoms with E-state index >= 15 is 0 Å².